The molecule has 2 rings (SSSR count). The van der Waals surface area contributed by atoms with Crippen LogP contribution in [0.3, 0.4) is 0 Å². The van der Waals surface area contributed by atoms with Crippen LogP contribution in [0, 0.1) is 5.82 Å². The minimum atomic E-state index is -0.281. The van der Waals surface area contributed by atoms with E-state index >= 15 is 0 Å². The average Bonchev–Trinajstić information content (AvgIpc) is 2.26. The lowest BCUT2D eigenvalue weighted by Crippen LogP contribution is -2.46. The summed E-state index contributed by atoms with van der Waals surface area (Å²) in [5.41, 5.74) is 0.893. The zero-order chi connectivity index (χ0) is 12.3. The maximum atomic E-state index is 13.0. The molecule has 1 N–H and O–H groups in total. The van der Waals surface area contributed by atoms with Crippen molar-refractivity contribution in [2.45, 2.75) is 44.9 Å². The molecule has 94 valence electrons. The molecule has 4 heteroatoms. The van der Waals surface area contributed by atoms with Gasteiger partial charge in [0.1, 0.15) is 5.82 Å². The van der Waals surface area contributed by atoms with Crippen molar-refractivity contribution in [1.29, 1.82) is 0 Å². The summed E-state index contributed by atoms with van der Waals surface area (Å²) in [5, 5.41) is 3.46. The molecule has 3 nitrogen and oxygen atoms in total. The zero-order valence-electron chi connectivity index (χ0n) is 10.3. The van der Waals surface area contributed by atoms with Gasteiger partial charge in [0.2, 0.25) is 0 Å². The molecule has 1 saturated carbocycles. The van der Waals surface area contributed by atoms with Crippen molar-refractivity contribution in [3.05, 3.63) is 29.8 Å². The van der Waals surface area contributed by atoms with E-state index in [0.717, 1.165) is 25.0 Å². The Bertz CT molecular complexity index is 366. The minimum Gasteiger partial charge on any atom is -0.378 e. The highest BCUT2D eigenvalue weighted by atomic mass is 19.1. The van der Waals surface area contributed by atoms with Crippen LogP contribution in [0.1, 0.15) is 38.3 Å². The second kappa shape index (κ2) is 5.56. The molecule has 0 spiro atoms. The van der Waals surface area contributed by atoms with Crippen LogP contribution in [0.2, 0.25) is 0 Å². The van der Waals surface area contributed by atoms with Crippen molar-refractivity contribution in [2.75, 3.05) is 6.61 Å². The standard InChI is InChI=1S/C13H19FN2O/c1-3-17-13-5-12(6-13)16-9(2)10-4-11(14)8-15-7-10/h4,7-9,12-13,16H,3,5-6H2,1-2H3. The van der Waals surface area contributed by atoms with Crippen LogP contribution in [0.25, 0.3) is 0 Å². The largest absolute Gasteiger partial charge is 0.378 e. The third kappa shape index (κ3) is 3.23. The number of hydrogen-bond acceptors (Lipinski definition) is 3. The van der Waals surface area contributed by atoms with Gasteiger partial charge in [-0.05, 0) is 38.3 Å². The molecule has 1 atom stereocenters. The highest BCUT2D eigenvalue weighted by Gasteiger charge is 2.30. The number of rotatable bonds is 5. The van der Waals surface area contributed by atoms with E-state index in [1.165, 1.54) is 12.3 Å². The molecule has 1 aromatic heterocycles. The first-order valence-electron chi connectivity index (χ1n) is 6.17. The fourth-order valence-corrected chi connectivity index (χ4v) is 2.19. The van der Waals surface area contributed by atoms with Crippen molar-refractivity contribution in [3.63, 3.8) is 0 Å². The molecule has 0 bridgehead atoms. The molecule has 17 heavy (non-hydrogen) atoms. The van der Waals surface area contributed by atoms with Crippen LogP contribution in [0.5, 0.6) is 0 Å². The number of pyridine rings is 1. The number of ether oxygens (including phenoxy) is 1. The Balaban J connectivity index is 1.80. The second-order valence-corrected chi connectivity index (χ2v) is 4.57. The van der Waals surface area contributed by atoms with Gasteiger partial charge < -0.3 is 10.1 Å². The van der Waals surface area contributed by atoms with E-state index in [4.69, 9.17) is 4.74 Å². The van der Waals surface area contributed by atoms with Crippen molar-refractivity contribution in [2.24, 2.45) is 0 Å². The summed E-state index contributed by atoms with van der Waals surface area (Å²) in [6, 6.07) is 2.14. The summed E-state index contributed by atoms with van der Waals surface area (Å²) in [4.78, 5) is 3.86. The predicted molar refractivity (Wildman–Crippen MR) is 64.2 cm³/mol. The van der Waals surface area contributed by atoms with Gasteiger partial charge in [-0.1, -0.05) is 0 Å². The van der Waals surface area contributed by atoms with Gasteiger partial charge in [-0.3, -0.25) is 4.98 Å². The topological polar surface area (TPSA) is 34.1 Å². The molecule has 1 aliphatic carbocycles. The molecule has 0 radical (unpaired) electrons. The summed E-state index contributed by atoms with van der Waals surface area (Å²) in [5.74, 6) is -0.281. The van der Waals surface area contributed by atoms with Gasteiger partial charge in [0.15, 0.2) is 0 Å². The molecule has 0 aromatic carbocycles. The Morgan fingerprint density at radius 3 is 2.94 bits per heavy atom. The van der Waals surface area contributed by atoms with Gasteiger partial charge in [-0.25, -0.2) is 4.39 Å². The Hall–Kier alpha value is -1.00. The van der Waals surface area contributed by atoms with Crippen LogP contribution in [0.4, 0.5) is 4.39 Å². The lowest BCUT2D eigenvalue weighted by Gasteiger charge is -2.37. The number of aromatic nitrogens is 1. The molecule has 0 saturated heterocycles. The zero-order valence-corrected chi connectivity index (χ0v) is 10.3. The maximum Gasteiger partial charge on any atom is 0.141 e. The first kappa shape index (κ1) is 12.5. The highest BCUT2D eigenvalue weighted by Crippen LogP contribution is 2.26. The van der Waals surface area contributed by atoms with Gasteiger partial charge in [0.05, 0.1) is 12.3 Å². The second-order valence-electron chi connectivity index (χ2n) is 4.57. The number of nitrogens with one attached hydrogen (secondary N) is 1. The molecular weight excluding hydrogens is 219 g/mol. The summed E-state index contributed by atoms with van der Waals surface area (Å²) in [6.45, 7) is 4.83. The number of hydrogen-bond donors (Lipinski definition) is 1. The van der Waals surface area contributed by atoms with Crippen LogP contribution in [-0.2, 0) is 4.74 Å². The van der Waals surface area contributed by atoms with Gasteiger partial charge in [0.25, 0.3) is 0 Å². The first-order valence-corrected chi connectivity index (χ1v) is 6.17. The van der Waals surface area contributed by atoms with Gasteiger partial charge in [-0.15, -0.1) is 0 Å². The summed E-state index contributed by atoms with van der Waals surface area (Å²) < 4.78 is 18.5. The molecule has 1 unspecified atom stereocenters. The monoisotopic (exact) mass is 238 g/mol. The molecule has 1 heterocycles. The van der Waals surface area contributed by atoms with E-state index < -0.39 is 0 Å². The smallest absolute Gasteiger partial charge is 0.141 e. The molecule has 1 aliphatic rings. The summed E-state index contributed by atoms with van der Waals surface area (Å²) in [7, 11) is 0. The third-order valence-corrected chi connectivity index (χ3v) is 3.21. The Labute approximate surface area is 101 Å². The number of nitrogens with zero attached hydrogens (tertiary/aromatic N) is 1. The van der Waals surface area contributed by atoms with Crippen LogP contribution >= 0.6 is 0 Å². The van der Waals surface area contributed by atoms with E-state index in [2.05, 4.69) is 10.3 Å². The van der Waals surface area contributed by atoms with Crippen LogP contribution < -0.4 is 5.32 Å². The summed E-state index contributed by atoms with van der Waals surface area (Å²) in [6.07, 6.45) is 5.42. The van der Waals surface area contributed by atoms with Gasteiger partial charge in [-0.2, -0.15) is 0 Å². The fraction of sp³-hybridized carbons (Fsp3) is 0.615. The average molecular weight is 238 g/mol. The Morgan fingerprint density at radius 2 is 2.29 bits per heavy atom. The Morgan fingerprint density at radius 1 is 1.53 bits per heavy atom. The van der Waals surface area contributed by atoms with E-state index in [-0.39, 0.29) is 11.9 Å². The minimum absolute atomic E-state index is 0.130. The lowest BCUT2D eigenvalue weighted by molar-refractivity contribution is -0.0120. The van der Waals surface area contributed by atoms with E-state index in [9.17, 15) is 4.39 Å². The first-order chi connectivity index (χ1) is 8.19. The highest BCUT2D eigenvalue weighted by molar-refractivity contribution is 5.14. The van der Waals surface area contributed by atoms with Crippen LogP contribution in [-0.4, -0.2) is 23.7 Å². The normalized spacial score (nSPS) is 25.4. The number of halogens is 1. The molecule has 1 aromatic rings. The summed E-state index contributed by atoms with van der Waals surface area (Å²) >= 11 is 0. The van der Waals surface area contributed by atoms with Crippen molar-refractivity contribution in [1.82, 2.24) is 10.3 Å². The van der Waals surface area contributed by atoms with E-state index in [0.29, 0.717) is 12.1 Å². The van der Waals surface area contributed by atoms with E-state index in [1.807, 2.05) is 13.8 Å². The van der Waals surface area contributed by atoms with Gasteiger partial charge >= 0.3 is 0 Å². The Kier molecular flexibility index (Phi) is 4.07. The molecule has 0 amide bonds. The molecular formula is C13H19FN2O. The van der Waals surface area contributed by atoms with E-state index in [1.54, 1.807) is 6.20 Å². The SMILES string of the molecule is CCOC1CC(NC(C)c2cncc(F)c2)C1. The quantitative estimate of drug-likeness (QED) is 0.855. The van der Waals surface area contributed by atoms with Gasteiger partial charge in [0, 0.05) is 24.9 Å². The lowest BCUT2D eigenvalue weighted by atomic mass is 9.88. The van der Waals surface area contributed by atoms with Crippen molar-refractivity contribution in [3.8, 4) is 0 Å². The predicted octanol–water partition coefficient (Wildman–Crippen LogP) is 2.44. The van der Waals surface area contributed by atoms with Crippen LogP contribution in [0.15, 0.2) is 18.5 Å². The maximum absolute atomic E-state index is 13.0. The molecule has 0 aliphatic heterocycles. The molecule has 1 fully saturated rings. The van der Waals surface area contributed by atoms with Crippen molar-refractivity contribution >= 4 is 0 Å². The van der Waals surface area contributed by atoms with Crippen molar-refractivity contribution < 1.29 is 9.13 Å². The third-order valence-electron chi connectivity index (χ3n) is 3.21. The fourth-order valence-electron chi connectivity index (χ4n) is 2.19.